The SMILES string of the molecule is O=C(Nc1ccc2c(c1)N(S(=O)(=O)c1cccs1)CCC2)C12CC3CC(CC(C3)C1)C2. The number of benzene rings is 1. The van der Waals surface area contributed by atoms with Crippen LogP contribution in [0.3, 0.4) is 0 Å². The van der Waals surface area contributed by atoms with E-state index in [2.05, 4.69) is 5.32 Å². The van der Waals surface area contributed by atoms with E-state index < -0.39 is 10.0 Å². The number of amides is 1. The lowest BCUT2D eigenvalue weighted by Gasteiger charge is -2.55. The summed E-state index contributed by atoms with van der Waals surface area (Å²) in [6, 6.07) is 9.23. The Morgan fingerprint density at radius 2 is 1.77 bits per heavy atom. The summed E-state index contributed by atoms with van der Waals surface area (Å²) in [4.78, 5) is 13.5. The fourth-order valence-electron chi connectivity index (χ4n) is 7.04. The maximum Gasteiger partial charge on any atom is 0.273 e. The second-order valence-electron chi connectivity index (χ2n) is 10.1. The number of fused-ring (bicyclic) bond motifs is 1. The van der Waals surface area contributed by atoms with Gasteiger partial charge in [-0.3, -0.25) is 9.10 Å². The maximum atomic E-state index is 13.5. The van der Waals surface area contributed by atoms with Crippen molar-refractivity contribution in [3.05, 3.63) is 41.3 Å². The number of rotatable bonds is 4. The van der Waals surface area contributed by atoms with Crippen LogP contribution in [0.5, 0.6) is 0 Å². The molecule has 1 aromatic heterocycles. The van der Waals surface area contributed by atoms with Gasteiger partial charge in [0.15, 0.2) is 0 Å². The lowest BCUT2D eigenvalue weighted by atomic mass is 9.49. The molecule has 0 atom stereocenters. The van der Waals surface area contributed by atoms with Crippen molar-refractivity contribution in [1.29, 1.82) is 0 Å². The molecule has 31 heavy (non-hydrogen) atoms. The van der Waals surface area contributed by atoms with Gasteiger partial charge in [-0.1, -0.05) is 12.1 Å². The minimum absolute atomic E-state index is 0.148. The first-order valence-electron chi connectivity index (χ1n) is 11.4. The molecule has 4 bridgehead atoms. The van der Waals surface area contributed by atoms with Gasteiger partial charge in [-0.05, 0) is 98.3 Å². The summed E-state index contributed by atoms with van der Waals surface area (Å²) in [5.74, 6) is 2.29. The molecular weight excluding hydrogens is 428 g/mol. The smallest absolute Gasteiger partial charge is 0.273 e. The van der Waals surface area contributed by atoms with Gasteiger partial charge in [0, 0.05) is 12.2 Å². The van der Waals surface area contributed by atoms with Crippen LogP contribution in [0.1, 0.15) is 50.5 Å². The van der Waals surface area contributed by atoms with Crippen LogP contribution in [0.15, 0.2) is 39.9 Å². The fraction of sp³-hybridized carbons (Fsp3) is 0.542. The van der Waals surface area contributed by atoms with Crippen molar-refractivity contribution in [2.75, 3.05) is 16.2 Å². The normalized spacial score (nSPS) is 31.5. The number of aryl methyl sites for hydroxylation is 1. The minimum Gasteiger partial charge on any atom is -0.326 e. The third kappa shape index (κ3) is 3.23. The van der Waals surface area contributed by atoms with Crippen LogP contribution in [0.25, 0.3) is 0 Å². The number of anilines is 2. The van der Waals surface area contributed by atoms with Crippen molar-refractivity contribution in [1.82, 2.24) is 0 Å². The topological polar surface area (TPSA) is 66.5 Å². The molecule has 0 unspecified atom stereocenters. The van der Waals surface area contributed by atoms with E-state index in [1.54, 1.807) is 17.5 Å². The van der Waals surface area contributed by atoms with E-state index in [0.29, 0.717) is 39.9 Å². The van der Waals surface area contributed by atoms with Crippen LogP contribution in [-0.4, -0.2) is 20.9 Å². The number of carbonyl (C=O) groups is 1. The van der Waals surface area contributed by atoms with E-state index in [0.717, 1.165) is 37.7 Å². The number of nitrogens with zero attached hydrogens (tertiary/aromatic N) is 1. The van der Waals surface area contributed by atoms with Gasteiger partial charge in [-0.25, -0.2) is 8.42 Å². The van der Waals surface area contributed by atoms with Crippen molar-refractivity contribution in [3.8, 4) is 0 Å². The molecule has 0 saturated heterocycles. The van der Waals surface area contributed by atoms with Crippen LogP contribution in [0, 0.1) is 23.2 Å². The molecule has 4 aliphatic carbocycles. The first kappa shape index (κ1) is 19.8. The molecule has 2 heterocycles. The Labute approximate surface area is 187 Å². The molecule has 7 heteroatoms. The average Bonchev–Trinajstić information content (AvgIpc) is 3.28. The van der Waals surface area contributed by atoms with Crippen molar-refractivity contribution < 1.29 is 13.2 Å². The number of hydrogen-bond donors (Lipinski definition) is 1. The van der Waals surface area contributed by atoms with Gasteiger partial charge >= 0.3 is 0 Å². The Balaban J connectivity index is 1.29. The van der Waals surface area contributed by atoms with Crippen molar-refractivity contribution in [2.24, 2.45) is 23.2 Å². The second-order valence-corrected chi connectivity index (χ2v) is 13.1. The Kier molecular flexibility index (Phi) is 4.52. The Bertz CT molecular complexity index is 1090. The summed E-state index contributed by atoms with van der Waals surface area (Å²) in [5, 5.41) is 4.99. The van der Waals surface area contributed by atoms with Gasteiger partial charge in [0.05, 0.1) is 11.1 Å². The summed E-state index contributed by atoms with van der Waals surface area (Å²) < 4.78 is 28.3. The van der Waals surface area contributed by atoms with E-state index in [1.807, 2.05) is 18.2 Å². The standard InChI is InChI=1S/C24H28N2O3S2/c27-23(24-13-16-9-17(14-24)11-18(10-16)15-24)25-20-6-5-19-3-1-7-26(21(19)12-20)31(28,29)22-4-2-8-30-22/h2,4-6,8,12,16-18H,1,3,7,9-11,13-15H2,(H,25,27). The molecular formula is C24H28N2O3S2. The van der Waals surface area contributed by atoms with Crippen molar-refractivity contribution >= 4 is 38.6 Å². The van der Waals surface area contributed by atoms with E-state index in [-0.39, 0.29) is 11.3 Å². The lowest BCUT2D eigenvalue weighted by Crippen LogP contribution is -2.51. The highest BCUT2D eigenvalue weighted by molar-refractivity contribution is 7.94. The van der Waals surface area contributed by atoms with E-state index in [4.69, 9.17) is 0 Å². The van der Waals surface area contributed by atoms with E-state index in [1.165, 1.54) is 34.9 Å². The predicted molar refractivity (Wildman–Crippen MR) is 123 cm³/mol. The highest BCUT2D eigenvalue weighted by Crippen LogP contribution is 2.60. The number of thiophene rings is 1. The summed E-state index contributed by atoms with van der Waals surface area (Å²) in [6.07, 6.45) is 8.65. The third-order valence-electron chi connectivity index (χ3n) is 7.98. The zero-order valence-corrected chi connectivity index (χ0v) is 19.2. The molecule has 164 valence electrons. The second kappa shape index (κ2) is 7.07. The molecule has 4 saturated carbocycles. The monoisotopic (exact) mass is 456 g/mol. The fourth-order valence-corrected chi connectivity index (χ4v) is 9.68. The molecule has 1 N–H and O–H groups in total. The molecule has 5 nitrogen and oxygen atoms in total. The molecule has 1 amide bonds. The number of carbonyl (C=O) groups excluding carboxylic acids is 1. The summed E-state index contributed by atoms with van der Waals surface area (Å²) in [6.45, 7) is 0.472. The summed E-state index contributed by atoms with van der Waals surface area (Å²) in [5.41, 5.74) is 2.24. The van der Waals surface area contributed by atoms with Gasteiger partial charge in [-0.15, -0.1) is 11.3 Å². The zero-order chi connectivity index (χ0) is 21.2. The predicted octanol–water partition coefficient (Wildman–Crippen LogP) is 5.04. The number of sulfonamides is 1. The van der Waals surface area contributed by atoms with E-state index in [9.17, 15) is 13.2 Å². The largest absolute Gasteiger partial charge is 0.326 e. The highest BCUT2D eigenvalue weighted by atomic mass is 32.2. The Hall–Kier alpha value is -1.86. The molecule has 1 aromatic carbocycles. The van der Waals surface area contributed by atoms with Crippen molar-refractivity contribution in [2.45, 2.75) is 55.6 Å². The number of hydrogen-bond acceptors (Lipinski definition) is 4. The van der Waals surface area contributed by atoms with Gasteiger partial charge in [0.2, 0.25) is 5.91 Å². The first-order valence-corrected chi connectivity index (χ1v) is 13.8. The van der Waals surface area contributed by atoms with Crippen molar-refractivity contribution in [3.63, 3.8) is 0 Å². The van der Waals surface area contributed by atoms with Crippen LogP contribution in [-0.2, 0) is 21.2 Å². The Morgan fingerprint density at radius 3 is 2.42 bits per heavy atom. The molecule has 0 spiro atoms. The molecule has 2 aromatic rings. The molecule has 5 aliphatic rings. The quantitative estimate of drug-likeness (QED) is 0.701. The van der Waals surface area contributed by atoms with Gasteiger partial charge < -0.3 is 5.32 Å². The maximum absolute atomic E-state index is 13.5. The third-order valence-corrected chi connectivity index (χ3v) is 11.2. The average molecular weight is 457 g/mol. The summed E-state index contributed by atoms with van der Waals surface area (Å²) >= 11 is 1.25. The molecule has 0 radical (unpaired) electrons. The zero-order valence-electron chi connectivity index (χ0n) is 17.5. The van der Waals surface area contributed by atoms with Gasteiger partial charge in [0.1, 0.15) is 4.21 Å². The van der Waals surface area contributed by atoms with Crippen LogP contribution in [0.2, 0.25) is 0 Å². The molecule has 4 fully saturated rings. The number of nitrogens with one attached hydrogen (secondary N) is 1. The lowest BCUT2D eigenvalue weighted by molar-refractivity contribution is -0.140. The van der Waals surface area contributed by atoms with Crippen LogP contribution in [0.4, 0.5) is 11.4 Å². The molecule has 1 aliphatic heterocycles. The highest BCUT2D eigenvalue weighted by Gasteiger charge is 2.54. The van der Waals surface area contributed by atoms with Gasteiger partial charge in [-0.2, -0.15) is 0 Å². The Morgan fingerprint density at radius 1 is 1.06 bits per heavy atom. The first-order chi connectivity index (χ1) is 14.9. The minimum atomic E-state index is -3.58. The van der Waals surface area contributed by atoms with Crippen LogP contribution < -0.4 is 9.62 Å². The van der Waals surface area contributed by atoms with Crippen LogP contribution >= 0.6 is 11.3 Å². The van der Waals surface area contributed by atoms with E-state index >= 15 is 0 Å². The molecule has 7 rings (SSSR count). The summed E-state index contributed by atoms with van der Waals surface area (Å²) in [7, 11) is -3.58. The van der Waals surface area contributed by atoms with Gasteiger partial charge in [0.25, 0.3) is 10.0 Å².